The molecular weight excluding hydrogens is 634 g/mol. The normalized spacial score (nSPS) is 11.3. The molecule has 2 amide bonds. The zero-order chi connectivity index (χ0) is 35.2. The quantitative estimate of drug-likeness (QED) is 0.0618. The summed E-state index contributed by atoms with van der Waals surface area (Å²) >= 11 is 0. The molecule has 49 heavy (non-hydrogen) atoms. The maximum Gasteiger partial charge on any atom is 0.343 e. The van der Waals surface area contributed by atoms with Gasteiger partial charge in [-0.1, -0.05) is 56.9 Å². The van der Waals surface area contributed by atoms with E-state index in [-0.39, 0.29) is 23.3 Å². The number of unbranched alkanes of at least 4 members (excludes halogenated alkanes) is 4. The van der Waals surface area contributed by atoms with Gasteiger partial charge in [0.2, 0.25) is 5.91 Å². The Balaban J connectivity index is 1.25. The molecule has 0 heterocycles. The highest BCUT2D eigenvalue weighted by molar-refractivity contribution is 5.98. The first-order valence-electron chi connectivity index (χ1n) is 16.0. The fraction of sp³-hybridized carbons (Fsp3) is 0.263. The minimum Gasteiger partial charge on any atom is -0.494 e. The molecule has 3 N–H and O–H groups in total. The molecule has 0 aromatic heterocycles. The van der Waals surface area contributed by atoms with Gasteiger partial charge in [-0.3, -0.25) is 9.59 Å². The Bertz CT molecular complexity index is 1730. The van der Waals surface area contributed by atoms with Crippen molar-refractivity contribution in [2.45, 2.75) is 57.9 Å². The van der Waals surface area contributed by atoms with E-state index in [0.29, 0.717) is 29.2 Å². The van der Waals surface area contributed by atoms with Gasteiger partial charge in [-0.15, -0.1) is 0 Å². The van der Waals surface area contributed by atoms with E-state index in [4.69, 9.17) is 9.47 Å². The molecule has 9 nitrogen and oxygen atoms in total. The number of carbonyl (C=O) groups excluding carboxylic acids is 3. The second-order valence-electron chi connectivity index (χ2n) is 11.4. The second kappa shape index (κ2) is 18.1. The zero-order valence-electron chi connectivity index (χ0n) is 27.0. The third kappa shape index (κ3) is 11.3. The van der Waals surface area contributed by atoms with Crippen LogP contribution < -0.4 is 20.1 Å². The van der Waals surface area contributed by atoms with Crippen LogP contribution in [0.25, 0.3) is 0 Å². The van der Waals surface area contributed by atoms with Crippen molar-refractivity contribution in [2.75, 3.05) is 11.9 Å². The lowest BCUT2D eigenvalue weighted by Crippen LogP contribution is -2.42. The van der Waals surface area contributed by atoms with E-state index < -0.39 is 47.9 Å². The van der Waals surface area contributed by atoms with Gasteiger partial charge in [0.15, 0.2) is 11.6 Å². The van der Waals surface area contributed by atoms with Gasteiger partial charge in [-0.05, 0) is 78.7 Å². The number of carboxylic acid groups (broad SMARTS) is 1. The molecule has 0 aliphatic carbocycles. The van der Waals surface area contributed by atoms with Gasteiger partial charge in [-0.2, -0.15) is 0 Å². The molecule has 1 unspecified atom stereocenters. The number of carbonyl (C=O) groups is 4. The van der Waals surface area contributed by atoms with Crippen molar-refractivity contribution in [2.24, 2.45) is 0 Å². The SMILES string of the molecule is CCCCCCCOc1ccc(C(=O)Oc2ccc(CC(NC(=O)c3ccc(NC(=O)Cc4cccc(F)c4F)cc3)C(=O)O)cc2)cc1. The van der Waals surface area contributed by atoms with Crippen molar-refractivity contribution in [3.63, 3.8) is 0 Å². The van der Waals surface area contributed by atoms with Crippen molar-refractivity contribution in [3.05, 3.63) is 125 Å². The van der Waals surface area contributed by atoms with Crippen molar-refractivity contribution in [3.8, 4) is 11.5 Å². The number of ether oxygens (including phenoxy) is 2. The smallest absolute Gasteiger partial charge is 0.343 e. The number of halogens is 2. The molecule has 256 valence electrons. The van der Waals surface area contributed by atoms with E-state index in [0.717, 1.165) is 18.9 Å². The highest BCUT2D eigenvalue weighted by Gasteiger charge is 2.22. The van der Waals surface area contributed by atoms with Gasteiger partial charge in [0, 0.05) is 23.2 Å². The molecule has 0 aliphatic heterocycles. The van der Waals surface area contributed by atoms with Crippen LogP contribution in [0, 0.1) is 11.6 Å². The third-order valence-electron chi connectivity index (χ3n) is 7.60. The number of hydrogen-bond donors (Lipinski definition) is 3. The van der Waals surface area contributed by atoms with E-state index >= 15 is 0 Å². The van der Waals surface area contributed by atoms with Crippen molar-refractivity contribution in [1.29, 1.82) is 0 Å². The fourth-order valence-corrected chi connectivity index (χ4v) is 4.89. The first kappa shape index (κ1) is 36.3. The average Bonchev–Trinajstić information content (AvgIpc) is 3.09. The molecule has 0 aliphatic rings. The molecule has 0 bridgehead atoms. The second-order valence-corrected chi connectivity index (χ2v) is 11.4. The highest BCUT2D eigenvalue weighted by Crippen LogP contribution is 2.19. The Kier molecular flexibility index (Phi) is 13.4. The Labute approximate surface area is 283 Å². The van der Waals surface area contributed by atoms with Crippen LogP contribution in [0.3, 0.4) is 0 Å². The van der Waals surface area contributed by atoms with Crippen LogP contribution in [0.2, 0.25) is 0 Å². The third-order valence-corrected chi connectivity index (χ3v) is 7.60. The van der Waals surface area contributed by atoms with Crippen LogP contribution in [0.4, 0.5) is 14.5 Å². The lowest BCUT2D eigenvalue weighted by atomic mass is 10.0. The Morgan fingerprint density at radius 3 is 2.10 bits per heavy atom. The van der Waals surface area contributed by atoms with E-state index in [1.807, 2.05) is 0 Å². The minimum absolute atomic E-state index is 0.0415. The van der Waals surface area contributed by atoms with Gasteiger partial charge >= 0.3 is 11.9 Å². The molecule has 0 saturated heterocycles. The number of anilines is 1. The Hall–Kier alpha value is -5.58. The molecule has 0 saturated carbocycles. The van der Waals surface area contributed by atoms with Gasteiger partial charge < -0.3 is 25.2 Å². The summed E-state index contributed by atoms with van der Waals surface area (Å²) in [7, 11) is 0. The summed E-state index contributed by atoms with van der Waals surface area (Å²) in [6.07, 6.45) is 5.26. The van der Waals surface area contributed by atoms with Crippen LogP contribution in [-0.2, 0) is 22.4 Å². The lowest BCUT2D eigenvalue weighted by molar-refractivity contribution is -0.139. The Morgan fingerprint density at radius 2 is 1.43 bits per heavy atom. The molecule has 4 rings (SSSR count). The standard InChI is InChI=1S/C38H38F2N2O7/c1-2-3-4-5-6-22-48-30-20-14-27(15-21-30)38(47)49-31-18-10-25(11-19-31)23-33(37(45)46)42-36(44)26-12-16-29(17-13-26)41-34(43)24-28-8-7-9-32(39)35(28)40/h7-21,33H,2-6,22-24H2,1H3,(H,41,43)(H,42,44)(H,45,46). The van der Waals surface area contributed by atoms with Crippen LogP contribution in [-0.4, -0.2) is 41.5 Å². The predicted molar refractivity (Wildman–Crippen MR) is 180 cm³/mol. The monoisotopic (exact) mass is 672 g/mol. The summed E-state index contributed by atoms with van der Waals surface area (Å²) in [5, 5.41) is 14.8. The van der Waals surface area contributed by atoms with E-state index in [9.17, 15) is 33.1 Å². The minimum atomic E-state index is -1.27. The van der Waals surface area contributed by atoms with E-state index in [2.05, 4.69) is 17.6 Å². The zero-order valence-corrected chi connectivity index (χ0v) is 27.0. The van der Waals surface area contributed by atoms with Gasteiger partial charge in [0.05, 0.1) is 18.6 Å². The number of benzene rings is 4. The molecule has 1 atom stereocenters. The fourth-order valence-electron chi connectivity index (χ4n) is 4.89. The summed E-state index contributed by atoms with van der Waals surface area (Å²) in [5.74, 6) is -4.24. The summed E-state index contributed by atoms with van der Waals surface area (Å²) < 4.78 is 38.5. The number of esters is 1. The first-order valence-corrected chi connectivity index (χ1v) is 16.0. The lowest BCUT2D eigenvalue weighted by Gasteiger charge is -2.15. The number of carboxylic acids is 1. The molecule has 0 radical (unpaired) electrons. The van der Waals surface area contributed by atoms with E-state index in [1.165, 1.54) is 55.7 Å². The number of nitrogens with one attached hydrogen (secondary N) is 2. The topological polar surface area (TPSA) is 131 Å². The van der Waals surface area contributed by atoms with Gasteiger partial charge in [0.25, 0.3) is 5.91 Å². The molecule has 4 aromatic carbocycles. The Morgan fingerprint density at radius 1 is 0.776 bits per heavy atom. The molecule has 0 spiro atoms. The van der Waals surface area contributed by atoms with Gasteiger partial charge in [0.1, 0.15) is 17.5 Å². The maximum atomic E-state index is 13.9. The van der Waals surface area contributed by atoms with Crippen molar-refractivity contribution >= 4 is 29.4 Å². The summed E-state index contributed by atoms with van der Waals surface area (Å²) in [6, 6.07) is 21.0. The summed E-state index contributed by atoms with van der Waals surface area (Å²) in [4.78, 5) is 49.7. The van der Waals surface area contributed by atoms with Crippen LogP contribution in [0.1, 0.15) is 70.9 Å². The number of amides is 2. The average molecular weight is 673 g/mol. The van der Waals surface area contributed by atoms with E-state index in [1.54, 1.807) is 48.5 Å². The van der Waals surface area contributed by atoms with Gasteiger partial charge in [-0.25, -0.2) is 18.4 Å². The molecule has 4 aromatic rings. The largest absolute Gasteiger partial charge is 0.494 e. The van der Waals surface area contributed by atoms with Crippen LogP contribution >= 0.6 is 0 Å². The van der Waals surface area contributed by atoms with Crippen LogP contribution in [0.5, 0.6) is 11.5 Å². The number of aliphatic carboxylic acids is 1. The first-order chi connectivity index (χ1) is 23.6. The summed E-state index contributed by atoms with van der Waals surface area (Å²) in [6.45, 7) is 2.79. The molecular formula is C38H38F2N2O7. The van der Waals surface area contributed by atoms with Crippen molar-refractivity contribution < 1.29 is 42.5 Å². The van der Waals surface area contributed by atoms with Crippen LogP contribution in [0.15, 0.2) is 91.0 Å². The molecule has 0 fully saturated rings. The summed E-state index contributed by atoms with van der Waals surface area (Å²) in [5.41, 5.74) is 1.28. The predicted octanol–water partition coefficient (Wildman–Crippen LogP) is 7.14. The van der Waals surface area contributed by atoms with Crippen molar-refractivity contribution in [1.82, 2.24) is 5.32 Å². The maximum absolute atomic E-state index is 13.9. The number of hydrogen-bond acceptors (Lipinski definition) is 6. The number of rotatable bonds is 17. The highest BCUT2D eigenvalue weighted by atomic mass is 19.2. The molecule has 11 heteroatoms.